The van der Waals surface area contributed by atoms with Crippen LogP contribution in [0.1, 0.15) is 39.0 Å². The van der Waals surface area contributed by atoms with E-state index in [4.69, 9.17) is 4.74 Å². The quantitative estimate of drug-likeness (QED) is 0.513. The molecule has 1 aliphatic heterocycles. The molecular weight excluding hydrogens is 401 g/mol. The van der Waals surface area contributed by atoms with Crippen molar-refractivity contribution in [3.05, 3.63) is 82.1 Å². The van der Waals surface area contributed by atoms with E-state index in [9.17, 15) is 9.18 Å². The molecule has 1 atom stereocenters. The second kappa shape index (κ2) is 7.57. The summed E-state index contributed by atoms with van der Waals surface area (Å²) >= 11 is 1.43. The third kappa shape index (κ3) is 3.45. The molecule has 5 nitrogen and oxygen atoms in total. The molecule has 0 bridgehead atoms. The zero-order valence-electron chi connectivity index (χ0n) is 16.4. The molecule has 1 aliphatic rings. The van der Waals surface area contributed by atoms with Gasteiger partial charge in [-0.15, -0.1) is 11.3 Å². The Bertz CT molecular complexity index is 1230. The molecule has 1 amide bonds. The van der Waals surface area contributed by atoms with Crippen molar-refractivity contribution in [2.45, 2.75) is 25.9 Å². The van der Waals surface area contributed by atoms with Gasteiger partial charge in [0.05, 0.1) is 29.8 Å². The van der Waals surface area contributed by atoms with Gasteiger partial charge in [-0.3, -0.25) is 9.48 Å². The lowest BCUT2D eigenvalue weighted by Crippen LogP contribution is -2.31. The molecule has 0 saturated heterocycles. The number of hydrogen-bond donors (Lipinski definition) is 1. The van der Waals surface area contributed by atoms with Crippen LogP contribution in [0.15, 0.2) is 54.6 Å². The van der Waals surface area contributed by atoms with Gasteiger partial charge in [0.15, 0.2) is 0 Å². The zero-order chi connectivity index (χ0) is 20.7. The third-order valence-corrected chi connectivity index (χ3v) is 6.49. The van der Waals surface area contributed by atoms with Gasteiger partial charge in [-0.1, -0.05) is 30.3 Å². The Hall–Kier alpha value is -3.19. The molecule has 0 fully saturated rings. The Morgan fingerprint density at radius 1 is 1.27 bits per heavy atom. The molecule has 0 saturated carbocycles. The summed E-state index contributed by atoms with van der Waals surface area (Å²) < 4.78 is 20.8. The van der Waals surface area contributed by atoms with Crippen LogP contribution in [0.2, 0.25) is 0 Å². The van der Waals surface area contributed by atoms with Crippen molar-refractivity contribution in [2.75, 3.05) is 6.61 Å². The number of nitrogens with one attached hydrogen (secondary N) is 1. The fourth-order valence-corrected chi connectivity index (χ4v) is 4.88. The van der Waals surface area contributed by atoms with Crippen LogP contribution >= 0.6 is 11.3 Å². The lowest BCUT2D eigenvalue weighted by molar-refractivity contribution is 0.0929. The second-order valence-electron chi connectivity index (χ2n) is 7.40. The highest BCUT2D eigenvalue weighted by atomic mass is 32.1. The molecule has 1 unspecified atom stereocenters. The highest BCUT2D eigenvalue weighted by Crippen LogP contribution is 2.33. The molecule has 0 aliphatic carbocycles. The van der Waals surface area contributed by atoms with Crippen LogP contribution in [0.4, 0.5) is 4.39 Å². The van der Waals surface area contributed by atoms with Gasteiger partial charge in [-0.2, -0.15) is 5.10 Å². The maximum Gasteiger partial charge on any atom is 0.261 e. The first-order chi connectivity index (χ1) is 14.6. The van der Waals surface area contributed by atoms with E-state index in [0.29, 0.717) is 18.0 Å². The number of aromatic nitrogens is 2. The van der Waals surface area contributed by atoms with E-state index in [2.05, 4.69) is 10.4 Å². The van der Waals surface area contributed by atoms with Crippen LogP contribution < -0.4 is 10.1 Å². The number of rotatable bonds is 4. The first-order valence-corrected chi connectivity index (χ1v) is 10.6. The average Bonchev–Trinajstić information content (AvgIpc) is 3.31. The molecule has 5 rings (SSSR count). The number of nitrogens with zero attached hydrogens (tertiary/aromatic N) is 2. The summed E-state index contributed by atoms with van der Waals surface area (Å²) in [7, 11) is 0. The standard InChI is InChI=1S/C23H20FN3O2S/c1-14-18-12-21(22(28)25-19-10-11-29-20-5-3-2-4-17(19)20)30-23(18)27(26-14)13-15-6-8-16(24)9-7-15/h2-9,12,19H,10-11,13H2,1H3,(H,25,28). The molecule has 0 spiro atoms. The first-order valence-electron chi connectivity index (χ1n) is 9.82. The van der Waals surface area contributed by atoms with E-state index in [-0.39, 0.29) is 17.8 Å². The predicted octanol–water partition coefficient (Wildman–Crippen LogP) is 4.85. The highest BCUT2D eigenvalue weighted by molar-refractivity contribution is 7.20. The fourth-order valence-electron chi connectivity index (χ4n) is 3.82. The van der Waals surface area contributed by atoms with Crippen molar-refractivity contribution in [3.63, 3.8) is 0 Å². The van der Waals surface area contributed by atoms with E-state index in [1.807, 2.05) is 41.9 Å². The monoisotopic (exact) mass is 421 g/mol. The molecule has 152 valence electrons. The topological polar surface area (TPSA) is 56.2 Å². The van der Waals surface area contributed by atoms with Gasteiger partial charge in [0.2, 0.25) is 0 Å². The minimum Gasteiger partial charge on any atom is -0.493 e. The van der Waals surface area contributed by atoms with E-state index in [0.717, 1.165) is 39.2 Å². The van der Waals surface area contributed by atoms with Gasteiger partial charge >= 0.3 is 0 Å². The molecule has 4 aromatic rings. The van der Waals surface area contributed by atoms with Crippen LogP contribution in [-0.2, 0) is 6.54 Å². The van der Waals surface area contributed by atoms with E-state index >= 15 is 0 Å². The van der Waals surface area contributed by atoms with E-state index in [1.54, 1.807) is 12.1 Å². The van der Waals surface area contributed by atoms with Crippen molar-refractivity contribution in [2.24, 2.45) is 0 Å². The van der Waals surface area contributed by atoms with Gasteiger partial charge in [0, 0.05) is 17.4 Å². The lowest BCUT2D eigenvalue weighted by atomic mass is 10.0. The summed E-state index contributed by atoms with van der Waals surface area (Å²) in [4.78, 5) is 14.6. The molecule has 1 N–H and O–H groups in total. The number of para-hydroxylation sites is 1. The predicted molar refractivity (Wildman–Crippen MR) is 115 cm³/mol. The number of hydrogen-bond acceptors (Lipinski definition) is 4. The number of carbonyl (C=O) groups is 1. The zero-order valence-corrected chi connectivity index (χ0v) is 17.2. The number of ether oxygens (including phenoxy) is 1. The van der Waals surface area contributed by atoms with Crippen LogP contribution in [0, 0.1) is 12.7 Å². The van der Waals surface area contributed by atoms with E-state index in [1.165, 1.54) is 23.5 Å². The Kier molecular flexibility index (Phi) is 4.75. The van der Waals surface area contributed by atoms with Gasteiger partial charge < -0.3 is 10.1 Å². The number of fused-ring (bicyclic) bond motifs is 2. The van der Waals surface area contributed by atoms with Crippen LogP contribution in [-0.4, -0.2) is 22.3 Å². The maximum atomic E-state index is 13.2. The Labute approximate surface area is 177 Å². The largest absolute Gasteiger partial charge is 0.493 e. The van der Waals surface area contributed by atoms with Crippen molar-refractivity contribution < 1.29 is 13.9 Å². The highest BCUT2D eigenvalue weighted by Gasteiger charge is 2.24. The van der Waals surface area contributed by atoms with Crippen molar-refractivity contribution in [3.8, 4) is 5.75 Å². The van der Waals surface area contributed by atoms with Crippen LogP contribution in [0.25, 0.3) is 10.2 Å². The average molecular weight is 421 g/mol. The van der Waals surface area contributed by atoms with Crippen LogP contribution in [0.5, 0.6) is 5.75 Å². The van der Waals surface area contributed by atoms with Gasteiger partial charge in [-0.25, -0.2) is 4.39 Å². The SMILES string of the molecule is Cc1nn(Cc2ccc(F)cc2)c2sc(C(=O)NC3CCOc4ccccc43)cc12. The molecule has 2 aromatic carbocycles. The van der Waals surface area contributed by atoms with Gasteiger partial charge in [0.25, 0.3) is 5.91 Å². The summed E-state index contributed by atoms with van der Waals surface area (Å²) in [5.41, 5.74) is 2.84. The Morgan fingerprint density at radius 3 is 2.90 bits per heavy atom. The number of aryl methyl sites for hydroxylation is 1. The molecule has 3 heterocycles. The first kappa shape index (κ1) is 18.8. The summed E-state index contributed by atoms with van der Waals surface area (Å²) in [5.74, 6) is 0.479. The molecule has 2 aromatic heterocycles. The number of carbonyl (C=O) groups excluding carboxylic acids is 1. The second-order valence-corrected chi connectivity index (χ2v) is 8.43. The summed E-state index contributed by atoms with van der Waals surface area (Å²) in [6, 6.07) is 16.1. The summed E-state index contributed by atoms with van der Waals surface area (Å²) in [6.07, 6.45) is 0.741. The number of amides is 1. The summed E-state index contributed by atoms with van der Waals surface area (Å²) in [6.45, 7) is 3.05. The number of benzene rings is 2. The Morgan fingerprint density at radius 2 is 2.07 bits per heavy atom. The third-order valence-electron chi connectivity index (χ3n) is 5.34. The van der Waals surface area contributed by atoms with Crippen molar-refractivity contribution >= 4 is 27.5 Å². The van der Waals surface area contributed by atoms with Gasteiger partial charge in [-0.05, 0) is 36.8 Å². The lowest BCUT2D eigenvalue weighted by Gasteiger charge is -2.26. The minimum absolute atomic E-state index is 0.0653. The molecule has 30 heavy (non-hydrogen) atoms. The maximum absolute atomic E-state index is 13.2. The smallest absolute Gasteiger partial charge is 0.261 e. The number of halogens is 1. The van der Waals surface area contributed by atoms with Gasteiger partial charge in [0.1, 0.15) is 16.4 Å². The molecule has 7 heteroatoms. The number of thiophene rings is 1. The van der Waals surface area contributed by atoms with Crippen molar-refractivity contribution in [1.29, 1.82) is 0 Å². The van der Waals surface area contributed by atoms with Crippen molar-refractivity contribution in [1.82, 2.24) is 15.1 Å². The van der Waals surface area contributed by atoms with E-state index < -0.39 is 0 Å². The Balaban J connectivity index is 1.40. The fraction of sp³-hybridized carbons (Fsp3) is 0.217. The molecule has 0 radical (unpaired) electrons. The normalized spacial score (nSPS) is 15.6. The minimum atomic E-state index is -0.259. The summed E-state index contributed by atoms with van der Waals surface area (Å²) in [5, 5.41) is 8.73. The van der Waals surface area contributed by atoms with Crippen LogP contribution in [0.3, 0.4) is 0 Å². The molecular formula is C23H20FN3O2S.